The lowest BCUT2D eigenvalue weighted by molar-refractivity contribution is -0.385. The van der Waals surface area contributed by atoms with E-state index in [9.17, 15) is 14.9 Å². The molecular formula is C22H33NO4. The molecule has 0 bridgehead atoms. The van der Waals surface area contributed by atoms with Gasteiger partial charge in [-0.3, -0.25) is 14.9 Å². The zero-order valence-electron chi connectivity index (χ0n) is 17.0. The SMILES string of the molecule is CCOC(=O)C1(C)CCC(CCCCCc2c(C)cccc2[N+](=O)[O-])CC1. The molecule has 0 aliphatic heterocycles. The van der Waals surface area contributed by atoms with Gasteiger partial charge in [0.05, 0.1) is 16.9 Å². The van der Waals surface area contributed by atoms with Crippen molar-refractivity contribution in [2.75, 3.05) is 6.61 Å². The van der Waals surface area contributed by atoms with Gasteiger partial charge in [0.1, 0.15) is 0 Å². The molecular weight excluding hydrogens is 342 g/mol. The maximum Gasteiger partial charge on any atom is 0.311 e. The van der Waals surface area contributed by atoms with Gasteiger partial charge < -0.3 is 4.74 Å². The van der Waals surface area contributed by atoms with Crippen LogP contribution in [0.2, 0.25) is 0 Å². The van der Waals surface area contributed by atoms with Crippen molar-refractivity contribution in [3.63, 3.8) is 0 Å². The minimum Gasteiger partial charge on any atom is -0.466 e. The number of ether oxygens (including phenoxy) is 1. The van der Waals surface area contributed by atoms with Gasteiger partial charge in [-0.05, 0) is 70.8 Å². The van der Waals surface area contributed by atoms with Crippen molar-refractivity contribution in [3.05, 3.63) is 39.4 Å². The lowest BCUT2D eigenvalue weighted by Crippen LogP contribution is -2.34. The molecule has 0 radical (unpaired) electrons. The Hall–Kier alpha value is -1.91. The maximum absolute atomic E-state index is 12.1. The Labute approximate surface area is 162 Å². The highest BCUT2D eigenvalue weighted by atomic mass is 16.6. The number of esters is 1. The summed E-state index contributed by atoms with van der Waals surface area (Å²) in [5.74, 6) is 0.656. The van der Waals surface area contributed by atoms with E-state index in [0.717, 1.165) is 62.5 Å². The molecule has 0 saturated heterocycles. The molecule has 27 heavy (non-hydrogen) atoms. The van der Waals surface area contributed by atoms with Crippen molar-refractivity contribution in [2.45, 2.75) is 78.6 Å². The second kappa shape index (κ2) is 9.86. The Morgan fingerprint density at radius 2 is 1.96 bits per heavy atom. The van der Waals surface area contributed by atoms with Gasteiger partial charge in [0.2, 0.25) is 0 Å². The molecule has 5 heteroatoms. The average Bonchev–Trinajstić information content (AvgIpc) is 2.64. The number of aryl methyl sites for hydroxylation is 1. The van der Waals surface area contributed by atoms with Crippen LogP contribution in [0.1, 0.15) is 76.3 Å². The molecule has 2 rings (SSSR count). The van der Waals surface area contributed by atoms with Crippen LogP contribution < -0.4 is 0 Å². The Kier molecular flexibility index (Phi) is 7.81. The van der Waals surface area contributed by atoms with Crippen LogP contribution in [0.15, 0.2) is 18.2 Å². The summed E-state index contributed by atoms with van der Waals surface area (Å²) in [4.78, 5) is 23.0. The number of carbonyl (C=O) groups excluding carboxylic acids is 1. The Balaban J connectivity index is 1.70. The smallest absolute Gasteiger partial charge is 0.311 e. The number of hydrogen-bond acceptors (Lipinski definition) is 4. The summed E-state index contributed by atoms with van der Waals surface area (Å²) in [7, 11) is 0. The summed E-state index contributed by atoms with van der Waals surface area (Å²) in [5, 5.41) is 11.2. The molecule has 0 spiro atoms. The fourth-order valence-electron chi connectivity index (χ4n) is 4.21. The minimum atomic E-state index is -0.295. The highest BCUT2D eigenvalue weighted by molar-refractivity contribution is 5.76. The molecule has 0 N–H and O–H groups in total. The molecule has 150 valence electrons. The Morgan fingerprint density at radius 3 is 2.59 bits per heavy atom. The molecule has 0 amide bonds. The highest BCUT2D eigenvalue weighted by Crippen LogP contribution is 2.41. The normalized spacial score (nSPS) is 22.4. The Bertz CT molecular complexity index is 648. The van der Waals surface area contributed by atoms with Crippen LogP contribution in [0, 0.1) is 28.4 Å². The van der Waals surface area contributed by atoms with Crippen molar-refractivity contribution >= 4 is 11.7 Å². The van der Waals surface area contributed by atoms with Crippen LogP contribution in [0.4, 0.5) is 5.69 Å². The largest absolute Gasteiger partial charge is 0.466 e. The van der Waals surface area contributed by atoms with E-state index in [1.807, 2.05) is 26.8 Å². The number of unbranched alkanes of at least 4 members (excludes halogenated alkanes) is 2. The second-order valence-electron chi connectivity index (χ2n) is 8.15. The molecule has 1 aliphatic rings. The van der Waals surface area contributed by atoms with Crippen LogP contribution >= 0.6 is 0 Å². The Morgan fingerprint density at radius 1 is 1.26 bits per heavy atom. The third-order valence-electron chi connectivity index (χ3n) is 6.10. The van der Waals surface area contributed by atoms with Gasteiger partial charge in [-0.1, -0.05) is 31.4 Å². The molecule has 1 saturated carbocycles. The van der Waals surface area contributed by atoms with Gasteiger partial charge >= 0.3 is 5.97 Å². The summed E-state index contributed by atoms with van der Waals surface area (Å²) in [6.45, 7) is 6.30. The van der Waals surface area contributed by atoms with Crippen LogP contribution in [0.25, 0.3) is 0 Å². The topological polar surface area (TPSA) is 69.4 Å². The summed E-state index contributed by atoms with van der Waals surface area (Å²) < 4.78 is 5.22. The van der Waals surface area contributed by atoms with Gasteiger partial charge in [0.25, 0.3) is 5.69 Å². The summed E-state index contributed by atoms with van der Waals surface area (Å²) in [6, 6.07) is 5.31. The first-order valence-corrected chi connectivity index (χ1v) is 10.3. The van der Waals surface area contributed by atoms with Crippen molar-refractivity contribution in [1.29, 1.82) is 0 Å². The fourth-order valence-corrected chi connectivity index (χ4v) is 4.21. The van der Waals surface area contributed by atoms with Crippen molar-refractivity contribution in [1.82, 2.24) is 0 Å². The first-order chi connectivity index (χ1) is 12.9. The van der Waals surface area contributed by atoms with Gasteiger partial charge in [-0.2, -0.15) is 0 Å². The van der Waals surface area contributed by atoms with Gasteiger partial charge in [-0.15, -0.1) is 0 Å². The molecule has 1 fully saturated rings. The standard InChI is InChI=1S/C22H33NO4/c1-4-27-21(24)22(3)15-13-18(14-16-22)10-6-5-7-11-19-17(2)9-8-12-20(19)23(25)26/h8-9,12,18H,4-7,10-11,13-16H2,1-3H3. The molecule has 5 nitrogen and oxygen atoms in total. The first kappa shape index (κ1) is 21.4. The molecule has 0 atom stereocenters. The van der Waals surface area contributed by atoms with Gasteiger partial charge in [0, 0.05) is 11.6 Å². The van der Waals surface area contributed by atoms with Gasteiger partial charge in [0.15, 0.2) is 0 Å². The predicted octanol–water partition coefficient (Wildman–Crippen LogP) is 5.77. The molecule has 0 unspecified atom stereocenters. The minimum absolute atomic E-state index is 0.0386. The average molecular weight is 376 g/mol. The van der Waals surface area contributed by atoms with Crippen LogP contribution in [-0.4, -0.2) is 17.5 Å². The summed E-state index contributed by atoms with van der Waals surface area (Å²) >= 11 is 0. The van der Waals surface area contributed by atoms with E-state index >= 15 is 0 Å². The van der Waals surface area contributed by atoms with E-state index in [1.54, 1.807) is 12.1 Å². The van der Waals surface area contributed by atoms with E-state index in [0.29, 0.717) is 12.5 Å². The number of hydrogen-bond donors (Lipinski definition) is 0. The first-order valence-electron chi connectivity index (χ1n) is 10.3. The number of benzene rings is 1. The number of carbonyl (C=O) groups is 1. The predicted molar refractivity (Wildman–Crippen MR) is 107 cm³/mol. The number of nitro groups is 1. The molecule has 0 aromatic heterocycles. The highest BCUT2D eigenvalue weighted by Gasteiger charge is 2.38. The van der Waals surface area contributed by atoms with Crippen LogP contribution in [-0.2, 0) is 16.0 Å². The fraction of sp³-hybridized carbons (Fsp3) is 0.682. The molecule has 1 aromatic rings. The van der Waals surface area contributed by atoms with E-state index in [-0.39, 0.29) is 22.0 Å². The second-order valence-corrected chi connectivity index (χ2v) is 8.15. The van der Waals surface area contributed by atoms with Crippen molar-refractivity contribution in [2.24, 2.45) is 11.3 Å². The third kappa shape index (κ3) is 5.78. The third-order valence-corrected chi connectivity index (χ3v) is 6.10. The maximum atomic E-state index is 12.1. The van der Waals surface area contributed by atoms with E-state index in [4.69, 9.17) is 4.74 Å². The van der Waals surface area contributed by atoms with Crippen LogP contribution in [0.3, 0.4) is 0 Å². The van der Waals surface area contributed by atoms with Crippen molar-refractivity contribution in [3.8, 4) is 0 Å². The van der Waals surface area contributed by atoms with E-state index in [1.165, 1.54) is 6.42 Å². The molecule has 1 aliphatic carbocycles. The summed E-state index contributed by atoms with van der Waals surface area (Å²) in [6.07, 6.45) is 9.23. The van der Waals surface area contributed by atoms with Gasteiger partial charge in [-0.25, -0.2) is 0 Å². The number of rotatable bonds is 9. The number of nitro benzene ring substituents is 1. The van der Waals surface area contributed by atoms with Crippen molar-refractivity contribution < 1.29 is 14.5 Å². The van der Waals surface area contributed by atoms with E-state index in [2.05, 4.69) is 0 Å². The molecule has 0 heterocycles. The molecule has 1 aromatic carbocycles. The quantitative estimate of drug-likeness (QED) is 0.238. The van der Waals surface area contributed by atoms with E-state index < -0.39 is 0 Å². The zero-order valence-corrected chi connectivity index (χ0v) is 17.0. The lowest BCUT2D eigenvalue weighted by Gasteiger charge is -2.35. The van der Waals surface area contributed by atoms with Crippen LogP contribution in [0.5, 0.6) is 0 Å². The lowest BCUT2D eigenvalue weighted by atomic mass is 9.70. The monoisotopic (exact) mass is 375 g/mol. The zero-order chi connectivity index (χ0) is 19.9. The summed E-state index contributed by atoms with van der Waals surface area (Å²) in [5.41, 5.74) is 1.84. The number of nitrogens with zero attached hydrogens (tertiary/aromatic N) is 1.